The highest BCUT2D eigenvalue weighted by molar-refractivity contribution is 5.95. The van der Waals surface area contributed by atoms with Gasteiger partial charge in [-0.05, 0) is 74.1 Å². The molecule has 3 atom stereocenters. The Balaban J connectivity index is 1.47. The Morgan fingerprint density at radius 1 is 1.09 bits per heavy atom. The summed E-state index contributed by atoms with van der Waals surface area (Å²) in [6.45, 7) is 7.49. The number of hydrogen-bond acceptors (Lipinski definition) is 6. The van der Waals surface area contributed by atoms with Crippen molar-refractivity contribution in [1.29, 1.82) is 0 Å². The van der Waals surface area contributed by atoms with Crippen LogP contribution in [0.3, 0.4) is 0 Å². The molecule has 0 bridgehead atoms. The van der Waals surface area contributed by atoms with E-state index in [9.17, 15) is 23.9 Å². The monoisotopic (exact) mass is 609 g/mol. The Labute approximate surface area is 258 Å². The highest BCUT2D eigenvalue weighted by Crippen LogP contribution is 2.43. The van der Waals surface area contributed by atoms with Crippen LogP contribution in [0.2, 0.25) is 0 Å². The summed E-state index contributed by atoms with van der Waals surface area (Å²) in [5.74, 6) is -1.28. The Bertz CT molecular complexity index is 1360. The van der Waals surface area contributed by atoms with Crippen molar-refractivity contribution in [1.82, 2.24) is 9.80 Å². The van der Waals surface area contributed by atoms with Gasteiger partial charge in [0.05, 0.1) is 12.5 Å². The zero-order chi connectivity index (χ0) is 31.4. The molecule has 1 N–H and O–H groups in total. The molecular weight excluding hydrogens is 565 g/mol. The minimum atomic E-state index is -0.929. The molecule has 0 radical (unpaired) electrons. The molecule has 0 saturated carbocycles. The van der Waals surface area contributed by atoms with Gasteiger partial charge in [-0.1, -0.05) is 32.8 Å². The Kier molecular flexibility index (Phi) is 10.1. The molecule has 0 spiro atoms. The number of carboxylic acids is 1. The molecule has 0 unspecified atom stereocenters. The molecule has 44 heavy (non-hydrogen) atoms. The summed E-state index contributed by atoms with van der Waals surface area (Å²) in [4.78, 5) is 45.3. The maximum absolute atomic E-state index is 14.4. The van der Waals surface area contributed by atoms with Crippen LogP contribution >= 0.6 is 0 Å². The van der Waals surface area contributed by atoms with E-state index in [0.717, 1.165) is 37.7 Å². The number of anilines is 1. The summed E-state index contributed by atoms with van der Waals surface area (Å²) in [5, 5.41) is 10.6. The molecule has 0 aromatic heterocycles. The smallest absolute Gasteiger partial charge is 0.308 e. The number of amides is 2. The van der Waals surface area contributed by atoms with Gasteiger partial charge in [0.25, 0.3) is 0 Å². The predicted octanol–water partition coefficient (Wildman–Crippen LogP) is 5.35. The van der Waals surface area contributed by atoms with Crippen molar-refractivity contribution in [3.05, 3.63) is 53.3 Å². The summed E-state index contributed by atoms with van der Waals surface area (Å²) in [6, 6.07) is 9.80. The summed E-state index contributed by atoms with van der Waals surface area (Å²) in [7, 11) is 0. The van der Waals surface area contributed by atoms with E-state index >= 15 is 0 Å². The van der Waals surface area contributed by atoms with Crippen LogP contribution in [0.25, 0.3) is 0 Å². The number of carbonyl (C=O) groups is 3. The van der Waals surface area contributed by atoms with E-state index < -0.39 is 23.8 Å². The quantitative estimate of drug-likeness (QED) is 0.327. The van der Waals surface area contributed by atoms with E-state index in [-0.39, 0.29) is 37.0 Å². The third kappa shape index (κ3) is 6.70. The van der Waals surface area contributed by atoms with Gasteiger partial charge in [-0.15, -0.1) is 0 Å². The van der Waals surface area contributed by atoms with Crippen LogP contribution in [0.15, 0.2) is 36.4 Å². The number of aryl methyl sites for hydroxylation is 1. The normalized spacial score (nSPS) is 21.4. The number of benzene rings is 2. The second-order valence-corrected chi connectivity index (χ2v) is 12.3. The highest BCUT2D eigenvalue weighted by Gasteiger charge is 2.48. The van der Waals surface area contributed by atoms with Gasteiger partial charge in [-0.2, -0.15) is 0 Å². The lowest BCUT2D eigenvalue weighted by Crippen LogP contribution is -2.48. The molecule has 5 rings (SSSR count). The molecule has 3 heterocycles. The van der Waals surface area contributed by atoms with Crippen molar-refractivity contribution >= 4 is 23.5 Å². The van der Waals surface area contributed by atoms with Crippen molar-refractivity contribution in [2.24, 2.45) is 5.92 Å². The fourth-order valence-electron chi connectivity index (χ4n) is 7.22. The van der Waals surface area contributed by atoms with E-state index in [1.54, 1.807) is 30.0 Å². The first-order chi connectivity index (χ1) is 21.2. The van der Waals surface area contributed by atoms with E-state index in [2.05, 4.69) is 13.8 Å². The number of halogens is 1. The summed E-state index contributed by atoms with van der Waals surface area (Å²) in [6.07, 6.45) is 5.13. The summed E-state index contributed by atoms with van der Waals surface area (Å²) in [5.41, 5.74) is 1.94. The van der Waals surface area contributed by atoms with Crippen LogP contribution in [0.1, 0.15) is 75.8 Å². The number of hydrogen-bond donors (Lipinski definition) is 1. The molecule has 9 nitrogen and oxygen atoms in total. The zero-order valence-corrected chi connectivity index (χ0v) is 26.0. The van der Waals surface area contributed by atoms with Crippen LogP contribution in [0.5, 0.6) is 11.5 Å². The summed E-state index contributed by atoms with van der Waals surface area (Å²) >= 11 is 0. The minimum absolute atomic E-state index is 0.0177. The molecule has 238 valence electrons. The van der Waals surface area contributed by atoms with E-state index in [1.807, 2.05) is 21.9 Å². The van der Waals surface area contributed by atoms with Gasteiger partial charge in [0.2, 0.25) is 18.6 Å². The van der Waals surface area contributed by atoms with Crippen molar-refractivity contribution < 1.29 is 33.4 Å². The lowest BCUT2D eigenvalue weighted by atomic mass is 9.84. The summed E-state index contributed by atoms with van der Waals surface area (Å²) < 4.78 is 25.3. The van der Waals surface area contributed by atoms with Crippen LogP contribution in [0, 0.1) is 18.7 Å². The fourth-order valence-corrected chi connectivity index (χ4v) is 7.22. The number of aliphatic carboxylic acids is 1. The fraction of sp³-hybridized carbons (Fsp3) is 0.559. The molecular formula is C34H44FN3O6. The third-order valence-electron chi connectivity index (χ3n) is 9.36. The van der Waals surface area contributed by atoms with Gasteiger partial charge in [0.15, 0.2) is 11.5 Å². The topological polar surface area (TPSA) is 99.6 Å². The Hall–Kier alpha value is -3.66. The van der Waals surface area contributed by atoms with Gasteiger partial charge in [-0.3, -0.25) is 19.3 Å². The maximum atomic E-state index is 14.4. The number of carboxylic acid groups (broad SMARTS) is 1. The van der Waals surface area contributed by atoms with Gasteiger partial charge >= 0.3 is 5.97 Å². The molecule has 3 aliphatic heterocycles. The first-order valence-corrected chi connectivity index (χ1v) is 15.9. The van der Waals surface area contributed by atoms with Crippen molar-refractivity contribution in [2.45, 2.75) is 83.7 Å². The average Bonchev–Trinajstić information content (AvgIpc) is 3.72. The van der Waals surface area contributed by atoms with E-state index in [1.165, 1.54) is 6.07 Å². The molecule has 0 aliphatic carbocycles. The highest BCUT2D eigenvalue weighted by atomic mass is 19.1. The van der Waals surface area contributed by atoms with Crippen LogP contribution in [0.4, 0.5) is 10.1 Å². The lowest BCUT2D eigenvalue weighted by Gasteiger charge is -2.35. The van der Waals surface area contributed by atoms with E-state index in [4.69, 9.17) is 9.47 Å². The second-order valence-electron chi connectivity index (χ2n) is 12.3. The molecule has 2 aromatic rings. The molecule has 3 aliphatic rings. The van der Waals surface area contributed by atoms with Gasteiger partial charge in [-0.25, -0.2) is 4.39 Å². The van der Waals surface area contributed by atoms with Gasteiger partial charge < -0.3 is 24.4 Å². The van der Waals surface area contributed by atoms with Crippen molar-refractivity contribution in [3.63, 3.8) is 0 Å². The van der Waals surface area contributed by atoms with E-state index in [0.29, 0.717) is 55.2 Å². The number of fused-ring (bicyclic) bond motifs is 1. The molecule has 2 saturated heterocycles. The maximum Gasteiger partial charge on any atom is 0.308 e. The number of ether oxygens (including phenoxy) is 2. The SMILES string of the molecule is CCCC(CCC)N(C(=O)CN1C[C@H](c2ccc3c(c2)OCO3)[C@@H](C(=O)O)[C@@H]1CCN1CCCC1=O)c1ccc(F)c(C)c1. The third-order valence-corrected chi connectivity index (χ3v) is 9.36. The number of likely N-dealkylation sites (tertiary alicyclic amines) is 2. The average molecular weight is 610 g/mol. The van der Waals surface area contributed by atoms with Crippen LogP contribution in [-0.4, -0.2) is 77.7 Å². The standard InChI is InChI=1S/C34H44FN3O6/c1-4-7-24(8-5-2)38(25-11-12-27(35)22(3)17-25)32(40)20-37-19-26(23-10-13-29-30(18-23)44-21-43-29)33(34(41)42)28(37)14-16-36-15-6-9-31(36)39/h10-13,17-18,24,26,28,33H,4-9,14-16,19-21H2,1-3H3,(H,41,42)/t26-,28+,33-/m1/s1. The van der Waals surface area contributed by atoms with Crippen LogP contribution in [-0.2, 0) is 14.4 Å². The van der Waals surface area contributed by atoms with Crippen LogP contribution < -0.4 is 14.4 Å². The molecule has 2 amide bonds. The number of carbonyl (C=O) groups excluding carboxylic acids is 2. The van der Waals surface area contributed by atoms with Gasteiger partial charge in [0.1, 0.15) is 5.82 Å². The Morgan fingerprint density at radius 3 is 2.50 bits per heavy atom. The number of nitrogens with zero attached hydrogens (tertiary/aromatic N) is 3. The first-order valence-electron chi connectivity index (χ1n) is 15.9. The van der Waals surface area contributed by atoms with Crippen molar-refractivity contribution in [2.75, 3.05) is 37.9 Å². The minimum Gasteiger partial charge on any atom is -0.481 e. The van der Waals surface area contributed by atoms with Crippen molar-refractivity contribution in [3.8, 4) is 11.5 Å². The second kappa shape index (κ2) is 14.0. The zero-order valence-electron chi connectivity index (χ0n) is 26.0. The van der Waals surface area contributed by atoms with Gasteiger partial charge in [0, 0.05) is 49.7 Å². The predicted molar refractivity (Wildman–Crippen MR) is 164 cm³/mol. The largest absolute Gasteiger partial charge is 0.481 e. The Morgan fingerprint density at radius 2 is 1.84 bits per heavy atom. The first kappa shape index (κ1) is 31.8. The molecule has 2 aromatic carbocycles. The lowest BCUT2D eigenvalue weighted by molar-refractivity contribution is -0.143. The molecule has 10 heteroatoms. The number of rotatable bonds is 13. The molecule has 2 fully saturated rings.